The third-order valence-electron chi connectivity index (χ3n) is 2.33. The van der Waals surface area contributed by atoms with Crippen molar-refractivity contribution in [3.05, 3.63) is 59.7 Å². The lowest BCUT2D eigenvalue weighted by Crippen LogP contribution is -1.86. The average molecular weight is 292 g/mol. The number of nitrogens with zero attached hydrogens (tertiary/aromatic N) is 1. The molecule has 5 nitrogen and oxygen atoms in total. The summed E-state index contributed by atoms with van der Waals surface area (Å²) in [4.78, 5) is 0. The van der Waals surface area contributed by atoms with Crippen molar-refractivity contribution >= 4 is 16.2 Å². The van der Waals surface area contributed by atoms with E-state index in [-0.39, 0.29) is 0 Å². The third-order valence-corrected chi connectivity index (χ3v) is 2.58. The first kappa shape index (κ1) is 15.7. The Kier molecular flexibility index (Phi) is 6.25. The van der Waals surface area contributed by atoms with Crippen molar-refractivity contribution in [3.63, 3.8) is 0 Å². The van der Waals surface area contributed by atoms with Gasteiger partial charge < -0.3 is 5.11 Å². The Morgan fingerprint density at radius 3 is 1.75 bits per heavy atom. The molecule has 0 aliphatic carbocycles. The fraction of sp³-hybridized carbons (Fsp3) is 0.143. The van der Waals surface area contributed by atoms with Crippen LogP contribution in [0.4, 0.5) is 5.69 Å². The van der Waals surface area contributed by atoms with Crippen LogP contribution in [-0.4, -0.2) is 13.5 Å². The van der Waals surface area contributed by atoms with Gasteiger partial charge in [0.25, 0.3) is 0 Å². The number of anilines is 1. The Bertz CT molecular complexity index is 634. The number of hydrogen-bond acceptors (Lipinski definition) is 4. The van der Waals surface area contributed by atoms with Crippen LogP contribution in [-0.2, 0) is 10.5 Å². The van der Waals surface area contributed by atoms with Gasteiger partial charge in [-0.2, -0.15) is 8.42 Å². The molecule has 2 N–H and O–H groups in total. The highest BCUT2D eigenvalue weighted by atomic mass is 32.2. The van der Waals surface area contributed by atoms with Gasteiger partial charge in [-0.05, 0) is 38.1 Å². The van der Waals surface area contributed by atoms with Crippen molar-refractivity contribution in [3.8, 4) is 5.75 Å². The minimum Gasteiger partial charge on any atom is -0.508 e. The lowest BCUT2D eigenvalue weighted by atomic mass is 10.2. The summed E-state index contributed by atoms with van der Waals surface area (Å²) in [5.74, 6) is 0.329. The molecule has 0 radical (unpaired) electrons. The van der Waals surface area contributed by atoms with Crippen LogP contribution < -0.4 is 5.43 Å². The van der Waals surface area contributed by atoms with Crippen LogP contribution in [0.15, 0.2) is 53.0 Å². The van der Waals surface area contributed by atoms with E-state index in [1.807, 2.05) is 38.1 Å². The summed E-state index contributed by atoms with van der Waals surface area (Å²) in [6.07, 6.45) is 0. The van der Waals surface area contributed by atoms with Crippen LogP contribution in [0, 0.1) is 13.8 Å². The van der Waals surface area contributed by atoms with Gasteiger partial charge in [-0.3, -0.25) is 5.43 Å². The van der Waals surface area contributed by atoms with Gasteiger partial charge in [-0.1, -0.05) is 39.9 Å². The molecule has 0 spiro atoms. The van der Waals surface area contributed by atoms with Crippen molar-refractivity contribution in [1.29, 1.82) is 0 Å². The molecule has 0 fully saturated rings. The molecule has 0 heterocycles. The molecule has 0 bridgehead atoms. The van der Waals surface area contributed by atoms with E-state index in [2.05, 4.69) is 9.90 Å². The molecule has 0 saturated heterocycles. The Morgan fingerprint density at radius 2 is 1.35 bits per heavy atom. The lowest BCUT2D eigenvalue weighted by Gasteiger charge is -1.96. The van der Waals surface area contributed by atoms with Crippen molar-refractivity contribution in [2.24, 2.45) is 4.47 Å². The second-order valence-electron chi connectivity index (χ2n) is 4.12. The van der Waals surface area contributed by atoms with Crippen LogP contribution in [0.3, 0.4) is 0 Å². The third kappa shape index (κ3) is 6.55. The molecule has 0 unspecified atom stereocenters. The van der Waals surface area contributed by atoms with Gasteiger partial charge in [0.1, 0.15) is 5.75 Å². The van der Waals surface area contributed by atoms with E-state index in [9.17, 15) is 8.42 Å². The van der Waals surface area contributed by atoms with E-state index in [0.717, 1.165) is 5.56 Å². The molecule has 2 aromatic rings. The van der Waals surface area contributed by atoms with Crippen molar-refractivity contribution in [2.45, 2.75) is 13.8 Å². The van der Waals surface area contributed by atoms with E-state index < -0.39 is 10.5 Å². The van der Waals surface area contributed by atoms with Gasteiger partial charge in [0.15, 0.2) is 0 Å². The number of phenols is 1. The second kappa shape index (κ2) is 7.96. The molecule has 2 rings (SSSR count). The summed E-state index contributed by atoms with van der Waals surface area (Å²) in [6, 6.07) is 14.3. The van der Waals surface area contributed by atoms with Gasteiger partial charge >= 0.3 is 10.5 Å². The first-order valence-corrected chi connectivity index (χ1v) is 6.89. The van der Waals surface area contributed by atoms with Crippen LogP contribution >= 0.6 is 0 Å². The Hall–Kier alpha value is -2.34. The second-order valence-corrected chi connectivity index (χ2v) is 4.74. The topological polar surface area (TPSA) is 78.8 Å². The van der Waals surface area contributed by atoms with Gasteiger partial charge in [0.2, 0.25) is 0 Å². The zero-order valence-corrected chi connectivity index (χ0v) is 12.1. The number of rotatable bonds is 2. The van der Waals surface area contributed by atoms with Gasteiger partial charge in [-0.15, -0.1) is 0 Å². The van der Waals surface area contributed by atoms with Crippen molar-refractivity contribution in [1.82, 2.24) is 0 Å². The SMILES string of the molecule is Cc1ccc(NN=S(=O)=O)cc1.Cc1ccc(O)cc1. The summed E-state index contributed by atoms with van der Waals surface area (Å²) in [5, 5.41) is 8.76. The van der Waals surface area contributed by atoms with E-state index in [0.29, 0.717) is 11.4 Å². The van der Waals surface area contributed by atoms with Gasteiger partial charge in [0, 0.05) is 0 Å². The summed E-state index contributed by atoms with van der Waals surface area (Å²) >= 11 is 0. The molecule has 0 saturated carbocycles. The highest BCUT2D eigenvalue weighted by Gasteiger charge is 1.87. The highest BCUT2D eigenvalue weighted by molar-refractivity contribution is 7.61. The Balaban J connectivity index is 0.000000217. The van der Waals surface area contributed by atoms with Crippen LogP contribution in [0.2, 0.25) is 0 Å². The molecule has 0 aliphatic rings. The first-order chi connectivity index (χ1) is 9.47. The number of phenolic OH excluding ortho intramolecular Hbond substituents is 1. The summed E-state index contributed by atoms with van der Waals surface area (Å²) in [5.41, 5.74) is 5.32. The van der Waals surface area contributed by atoms with Crippen LogP contribution in [0.25, 0.3) is 0 Å². The lowest BCUT2D eigenvalue weighted by molar-refractivity contribution is 0.475. The number of benzene rings is 2. The maximum Gasteiger partial charge on any atom is 0.332 e. The molecular weight excluding hydrogens is 276 g/mol. The molecule has 6 heteroatoms. The molecule has 0 aromatic heterocycles. The van der Waals surface area contributed by atoms with E-state index in [1.54, 1.807) is 24.3 Å². The Morgan fingerprint density at radius 1 is 0.900 bits per heavy atom. The predicted octanol–water partition coefficient (Wildman–Crippen LogP) is 3.09. The number of nitrogens with one attached hydrogen (secondary N) is 1. The highest BCUT2D eigenvalue weighted by Crippen LogP contribution is 2.08. The number of aromatic hydroxyl groups is 1. The zero-order chi connectivity index (χ0) is 15.0. The summed E-state index contributed by atoms with van der Waals surface area (Å²) in [6.45, 7) is 3.94. The quantitative estimate of drug-likeness (QED) is 0.834. The van der Waals surface area contributed by atoms with Crippen molar-refractivity contribution < 1.29 is 13.5 Å². The molecule has 20 heavy (non-hydrogen) atoms. The maximum atomic E-state index is 10.0. The fourth-order valence-electron chi connectivity index (χ4n) is 1.26. The maximum absolute atomic E-state index is 10.0. The predicted molar refractivity (Wildman–Crippen MR) is 79.0 cm³/mol. The van der Waals surface area contributed by atoms with Gasteiger partial charge in [0.05, 0.1) is 5.69 Å². The normalized spacial score (nSPS) is 9.10. The van der Waals surface area contributed by atoms with E-state index in [4.69, 9.17) is 5.11 Å². The molecule has 0 atom stereocenters. The zero-order valence-electron chi connectivity index (χ0n) is 11.2. The standard InChI is InChI=1S/C7H8N2O2S.C7H8O/c1-6-2-4-7(5-3-6)8-9-12(10)11;1-6-2-4-7(8)5-3-6/h2-5,8H,1H3;2-5,8H,1H3. The summed E-state index contributed by atoms with van der Waals surface area (Å²) < 4.78 is 23.1. The molecule has 0 amide bonds. The van der Waals surface area contributed by atoms with Crippen LogP contribution in [0.1, 0.15) is 11.1 Å². The van der Waals surface area contributed by atoms with E-state index >= 15 is 0 Å². The summed E-state index contributed by atoms with van der Waals surface area (Å²) in [7, 11) is -2.41. The van der Waals surface area contributed by atoms with Crippen molar-refractivity contribution in [2.75, 3.05) is 5.43 Å². The molecule has 106 valence electrons. The largest absolute Gasteiger partial charge is 0.508 e. The van der Waals surface area contributed by atoms with Gasteiger partial charge in [-0.25, -0.2) is 0 Å². The molecule has 2 aromatic carbocycles. The number of hydrogen-bond donors (Lipinski definition) is 2. The fourth-order valence-corrected chi connectivity index (χ4v) is 1.44. The minimum atomic E-state index is -2.41. The number of aryl methyl sites for hydroxylation is 2. The first-order valence-electron chi connectivity index (χ1n) is 5.86. The van der Waals surface area contributed by atoms with Crippen LogP contribution in [0.5, 0.6) is 5.75 Å². The minimum absolute atomic E-state index is 0.329. The smallest absolute Gasteiger partial charge is 0.332 e. The monoisotopic (exact) mass is 292 g/mol. The molecular formula is C14H16N2O3S. The average Bonchev–Trinajstić information content (AvgIpc) is 2.42. The Labute approximate surface area is 119 Å². The molecule has 0 aliphatic heterocycles. The van der Waals surface area contributed by atoms with E-state index in [1.165, 1.54) is 5.56 Å².